The van der Waals surface area contributed by atoms with E-state index in [9.17, 15) is 0 Å². The van der Waals surface area contributed by atoms with E-state index < -0.39 is 0 Å². The molecule has 2 heterocycles. The van der Waals surface area contributed by atoms with Gasteiger partial charge in [0.25, 0.3) is 0 Å². The number of H-pyrrole nitrogens is 1. The standard InChI is InChI=1S/C20H20ClN3/c1-12(2)23-11-16-8-15-9-18(21)17(10-20(15)24-16)13-3-4-19-14(7-13)5-6-22-19/h3-4,7-10,22-24H,1,5-6,11H2,2H3. The van der Waals surface area contributed by atoms with Crippen LogP contribution in [-0.2, 0) is 13.0 Å². The Hall–Kier alpha value is -2.39. The Labute approximate surface area is 146 Å². The summed E-state index contributed by atoms with van der Waals surface area (Å²) < 4.78 is 0. The number of hydrogen-bond donors (Lipinski definition) is 3. The summed E-state index contributed by atoms with van der Waals surface area (Å²) in [6, 6.07) is 12.8. The molecule has 0 saturated carbocycles. The first-order valence-corrected chi connectivity index (χ1v) is 8.55. The van der Waals surface area contributed by atoms with Crippen molar-refractivity contribution in [3.05, 3.63) is 65.0 Å². The van der Waals surface area contributed by atoms with Crippen molar-refractivity contribution in [1.82, 2.24) is 10.3 Å². The Kier molecular flexibility index (Phi) is 3.73. The molecule has 3 N–H and O–H groups in total. The molecule has 2 aromatic carbocycles. The van der Waals surface area contributed by atoms with Crippen LogP contribution in [0.1, 0.15) is 18.2 Å². The largest absolute Gasteiger partial charge is 0.384 e. The zero-order chi connectivity index (χ0) is 16.7. The highest BCUT2D eigenvalue weighted by molar-refractivity contribution is 6.34. The van der Waals surface area contributed by atoms with Crippen molar-refractivity contribution in [2.75, 3.05) is 11.9 Å². The fraction of sp³-hybridized carbons (Fsp3) is 0.200. The molecule has 0 atom stereocenters. The van der Waals surface area contributed by atoms with Crippen LogP contribution in [0.25, 0.3) is 22.0 Å². The predicted octanol–water partition coefficient (Wildman–Crippen LogP) is 5.08. The lowest BCUT2D eigenvalue weighted by Gasteiger charge is -2.08. The number of fused-ring (bicyclic) bond motifs is 2. The minimum absolute atomic E-state index is 0.738. The van der Waals surface area contributed by atoms with Crippen LogP contribution in [0.4, 0.5) is 5.69 Å². The lowest BCUT2D eigenvalue weighted by Crippen LogP contribution is -2.09. The van der Waals surface area contributed by atoms with E-state index >= 15 is 0 Å². The van der Waals surface area contributed by atoms with E-state index in [1.54, 1.807) is 0 Å². The third kappa shape index (κ3) is 2.76. The SMILES string of the molecule is C=C(C)NCc1cc2cc(Cl)c(-c3ccc4c(c3)CCN4)cc2[nH]1. The highest BCUT2D eigenvalue weighted by Crippen LogP contribution is 2.35. The van der Waals surface area contributed by atoms with Gasteiger partial charge in [-0.15, -0.1) is 0 Å². The summed E-state index contributed by atoms with van der Waals surface area (Å²) in [4.78, 5) is 3.47. The van der Waals surface area contributed by atoms with E-state index in [1.165, 1.54) is 16.8 Å². The topological polar surface area (TPSA) is 39.8 Å². The summed E-state index contributed by atoms with van der Waals surface area (Å²) in [5.41, 5.74) is 8.02. The van der Waals surface area contributed by atoms with Gasteiger partial charge in [-0.3, -0.25) is 0 Å². The van der Waals surface area contributed by atoms with Gasteiger partial charge in [-0.1, -0.05) is 24.2 Å². The van der Waals surface area contributed by atoms with Crippen LogP contribution in [0, 0.1) is 0 Å². The number of anilines is 1. The van der Waals surface area contributed by atoms with E-state index in [2.05, 4.69) is 52.5 Å². The maximum atomic E-state index is 6.57. The average Bonchev–Trinajstić information content (AvgIpc) is 3.17. The molecule has 24 heavy (non-hydrogen) atoms. The molecule has 4 rings (SSSR count). The van der Waals surface area contributed by atoms with E-state index in [4.69, 9.17) is 11.6 Å². The Balaban J connectivity index is 1.73. The van der Waals surface area contributed by atoms with E-state index in [1.807, 2.05) is 13.0 Å². The van der Waals surface area contributed by atoms with Crippen LogP contribution in [-0.4, -0.2) is 11.5 Å². The van der Waals surface area contributed by atoms with Gasteiger partial charge in [0.1, 0.15) is 0 Å². The van der Waals surface area contributed by atoms with Gasteiger partial charge in [0, 0.05) is 45.1 Å². The summed E-state index contributed by atoms with van der Waals surface area (Å²) in [6.07, 6.45) is 1.07. The molecule has 1 aliphatic rings. The summed E-state index contributed by atoms with van der Waals surface area (Å²) in [5.74, 6) is 0. The van der Waals surface area contributed by atoms with Crippen molar-refractivity contribution < 1.29 is 0 Å². The Morgan fingerprint density at radius 3 is 2.96 bits per heavy atom. The Morgan fingerprint density at radius 1 is 1.25 bits per heavy atom. The normalized spacial score (nSPS) is 12.9. The van der Waals surface area contributed by atoms with Gasteiger partial charge in [0.15, 0.2) is 0 Å². The number of benzene rings is 2. The molecule has 1 aliphatic heterocycles. The predicted molar refractivity (Wildman–Crippen MR) is 103 cm³/mol. The first-order chi connectivity index (χ1) is 11.6. The highest BCUT2D eigenvalue weighted by Gasteiger charge is 2.13. The molecule has 0 saturated heterocycles. The maximum Gasteiger partial charge on any atom is 0.0548 e. The van der Waals surface area contributed by atoms with Crippen LogP contribution >= 0.6 is 11.6 Å². The van der Waals surface area contributed by atoms with Crippen LogP contribution in [0.5, 0.6) is 0 Å². The molecule has 3 aromatic rings. The van der Waals surface area contributed by atoms with Crippen molar-refractivity contribution in [3.8, 4) is 11.1 Å². The lowest BCUT2D eigenvalue weighted by atomic mass is 10.0. The van der Waals surface area contributed by atoms with E-state index in [0.29, 0.717) is 0 Å². The van der Waals surface area contributed by atoms with Gasteiger partial charge in [0.05, 0.1) is 6.54 Å². The van der Waals surface area contributed by atoms with Crippen LogP contribution in [0.2, 0.25) is 5.02 Å². The quantitative estimate of drug-likeness (QED) is 0.621. The zero-order valence-corrected chi connectivity index (χ0v) is 14.4. The van der Waals surface area contributed by atoms with Gasteiger partial charge in [-0.25, -0.2) is 0 Å². The number of allylic oxidation sites excluding steroid dienone is 1. The molecular formula is C20H20ClN3. The third-order valence-corrected chi connectivity index (χ3v) is 4.78. The number of halogens is 1. The molecule has 3 nitrogen and oxygen atoms in total. The molecule has 0 unspecified atom stereocenters. The van der Waals surface area contributed by atoms with Gasteiger partial charge in [0.2, 0.25) is 0 Å². The molecule has 1 aromatic heterocycles. The smallest absolute Gasteiger partial charge is 0.0548 e. The third-order valence-electron chi connectivity index (χ3n) is 4.47. The minimum Gasteiger partial charge on any atom is -0.384 e. The second-order valence-electron chi connectivity index (χ2n) is 6.40. The van der Waals surface area contributed by atoms with E-state index in [-0.39, 0.29) is 0 Å². The lowest BCUT2D eigenvalue weighted by molar-refractivity contribution is 0.798. The Morgan fingerprint density at radius 2 is 2.12 bits per heavy atom. The Bertz CT molecular complexity index is 939. The highest BCUT2D eigenvalue weighted by atomic mass is 35.5. The monoisotopic (exact) mass is 337 g/mol. The fourth-order valence-electron chi connectivity index (χ4n) is 3.25. The molecule has 122 valence electrons. The van der Waals surface area contributed by atoms with Crippen molar-refractivity contribution in [2.24, 2.45) is 0 Å². The van der Waals surface area contributed by atoms with Crippen molar-refractivity contribution in [3.63, 3.8) is 0 Å². The summed E-state index contributed by atoms with van der Waals surface area (Å²) in [7, 11) is 0. The molecule has 0 fully saturated rings. The molecule has 0 radical (unpaired) electrons. The average molecular weight is 338 g/mol. The van der Waals surface area contributed by atoms with Gasteiger partial charge >= 0.3 is 0 Å². The molecule has 4 heteroatoms. The first-order valence-electron chi connectivity index (χ1n) is 8.18. The van der Waals surface area contributed by atoms with Gasteiger partial charge in [-0.2, -0.15) is 0 Å². The maximum absolute atomic E-state index is 6.57. The zero-order valence-electron chi connectivity index (χ0n) is 13.7. The van der Waals surface area contributed by atoms with Crippen molar-refractivity contribution >= 4 is 28.2 Å². The van der Waals surface area contributed by atoms with E-state index in [0.717, 1.165) is 52.4 Å². The molecule has 0 aliphatic carbocycles. The number of hydrogen-bond acceptors (Lipinski definition) is 2. The minimum atomic E-state index is 0.738. The number of rotatable bonds is 4. The molecular weight excluding hydrogens is 318 g/mol. The second kappa shape index (κ2) is 5.91. The fourth-order valence-corrected chi connectivity index (χ4v) is 3.53. The van der Waals surface area contributed by atoms with Gasteiger partial charge < -0.3 is 15.6 Å². The summed E-state index contributed by atoms with van der Waals surface area (Å²) >= 11 is 6.57. The van der Waals surface area contributed by atoms with Crippen LogP contribution in [0.3, 0.4) is 0 Å². The summed E-state index contributed by atoms with van der Waals surface area (Å²) in [5, 5.41) is 8.56. The molecule has 0 bridgehead atoms. The number of aromatic amines is 1. The van der Waals surface area contributed by atoms with Crippen molar-refractivity contribution in [1.29, 1.82) is 0 Å². The number of nitrogens with one attached hydrogen (secondary N) is 3. The van der Waals surface area contributed by atoms with Gasteiger partial charge in [-0.05, 0) is 54.8 Å². The first kappa shape index (κ1) is 15.2. The molecule has 0 spiro atoms. The van der Waals surface area contributed by atoms with Crippen molar-refractivity contribution in [2.45, 2.75) is 19.9 Å². The number of aromatic nitrogens is 1. The van der Waals surface area contributed by atoms with Crippen LogP contribution in [0.15, 0.2) is 48.7 Å². The summed E-state index contributed by atoms with van der Waals surface area (Å²) in [6.45, 7) is 7.58. The molecule has 0 amide bonds. The second-order valence-corrected chi connectivity index (χ2v) is 6.80. The van der Waals surface area contributed by atoms with Crippen LogP contribution < -0.4 is 10.6 Å².